The molecular formula is C13H19N5O2S. The van der Waals surface area contributed by atoms with E-state index in [-0.39, 0.29) is 4.90 Å². The molecule has 0 aromatic carbocycles. The quantitative estimate of drug-likeness (QED) is 0.844. The molecule has 114 valence electrons. The standard InChI is InChI=1S/C13H19N5O2S/c1-3-4-16-10-13(8-14-16)21(19,20)17-5-6-18-12(9-17)7-11(2)15-18/h7-8,10H,3-6,9H2,1-2H3. The van der Waals surface area contributed by atoms with Crippen LogP contribution in [-0.4, -0.2) is 38.8 Å². The minimum absolute atomic E-state index is 0.264. The van der Waals surface area contributed by atoms with Crippen molar-refractivity contribution >= 4 is 10.0 Å². The van der Waals surface area contributed by atoms with E-state index in [1.807, 2.05) is 24.6 Å². The number of rotatable bonds is 4. The smallest absolute Gasteiger partial charge is 0.246 e. The van der Waals surface area contributed by atoms with E-state index in [0.717, 1.165) is 24.4 Å². The van der Waals surface area contributed by atoms with Gasteiger partial charge in [0.05, 0.1) is 30.7 Å². The predicted octanol–water partition coefficient (Wildman–Crippen LogP) is 1.00. The van der Waals surface area contributed by atoms with Crippen molar-refractivity contribution in [2.45, 2.75) is 44.8 Å². The lowest BCUT2D eigenvalue weighted by atomic mass is 10.3. The van der Waals surface area contributed by atoms with Crippen LogP contribution in [0.2, 0.25) is 0 Å². The molecule has 3 rings (SSSR count). The largest absolute Gasteiger partial charge is 0.271 e. The van der Waals surface area contributed by atoms with E-state index in [0.29, 0.717) is 19.6 Å². The van der Waals surface area contributed by atoms with Crippen molar-refractivity contribution in [1.29, 1.82) is 0 Å². The van der Waals surface area contributed by atoms with Crippen molar-refractivity contribution in [2.24, 2.45) is 0 Å². The summed E-state index contributed by atoms with van der Waals surface area (Å²) in [5.41, 5.74) is 1.85. The van der Waals surface area contributed by atoms with E-state index in [1.165, 1.54) is 10.5 Å². The summed E-state index contributed by atoms with van der Waals surface area (Å²) in [5, 5.41) is 8.46. The van der Waals surface area contributed by atoms with Gasteiger partial charge < -0.3 is 0 Å². The lowest BCUT2D eigenvalue weighted by molar-refractivity contribution is 0.326. The van der Waals surface area contributed by atoms with Crippen LogP contribution in [0.15, 0.2) is 23.4 Å². The third-order valence-corrected chi connectivity index (χ3v) is 5.38. The number of hydrogen-bond donors (Lipinski definition) is 0. The molecule has 0 N–H and O–H groups in total. The molecule has 0 radical (unpaired) electrons. The average Bonchev–Trinajstić information content (AvgIpc) is 3.03. The first kappa shape index (κ1) is 14.3. The summed E-state index contributed by atoms with van der Waals surface area (Å²) in [6.07, 6.45) is 3.96. The third-order valence-electron chi connectivity index (χ3n) is 3.59. The van der Waals surface area contributed by atoms with Gasteiger partial charge in [0.1, 0.15) is 4.90 Å². The van der Waals surface area contributed by atoms with E-state index >= 15 is 0 Å². The van der Waals surface area contributed by atoms with Gasteiger partial charge >= 0.3 is 0 Å². The van der Waals surface area contributed by atoms with Crippen LogP contribution in [0.3, 0.4) is 0 Å². The second-order valence-electron chi connectivity index (χ2n) is 5.28. The maximum Gasteiger partial charge on any atom is 0.246 e. The Bertz CT molecular complexity index is 746. The number of fused-ring (bicyclic) bond motifs is 1. The Balaban J connectivity index is 1.85. The summed E-state index contributed by atoms with van der Waals surface area (Å²) in [5.74, 6) is 0. The highest BCUT2D eigenvalue weighted by atomic mass is 32.2. The number of hydrogen-bond acceptors (Lipinski definition) is 4. The van der Waals surface area contributed by atoms with Gasteiger partial charge in [0.25, 0.3) is 0 Å². The summed E-state index contributed by atoms with van der Waals surface area (Å²) in [4.78, 5) is 0.264. The van der Waals surface area contributed by atoms with Gasteiger partial charge in [0.15, 0.2) is 0 Å². The molecule has 2 aromatic rings. The Morgan fingerprint density at radius 3 is 2.90 bits per heavy atom. The molecule has 0 saturated heterocycles. The monoisotopic (exact) mass is 309 g/mol. The molecular weight excluding hydrogens is 290 g/mol. The van der Waals surface area contributed by atoms with Crippen LogP contribution in [0.25, 0.3) is 0 Å². The van der Waals surface area contributed by atoms with Gasteiger partial charge in [-0.25, -0.2) is 8.42 Å². The van der Waals surface area contributed by atoms with Crippen molar-refractivity contribution in [1.82, 2.24) is 23.9 Å². The maximum absolute atomic E-state index is 12.7. The van der Waals surface area contributed by atoms with Crippen LogP contribution in [0, 0.1) is 6.92 Å². The average molecular weight is 309 g/mol. The van der Waals surface area contributed by atoms with Gasteiger partial charge in [-0.1, -0.05) is 6.92 Å². The summed E-state index contributed by atoms with van der Waals surface area (Å²) < 4.78 is 30.4. The fourth-order valence-corrected chi connectivity index (χ4v) is 3.93. The molecule has 0 amide bonds. The highest BCUT2D eigenvalue weighted by Crippen LogP contribution is 2.21. The van der Waals surface area contributed by atoms with Crippen LogP contribution in [0.4, 0.5) is 0 Å². The summed E-state index contributed by atoms with van der Waals surface area (Å²) in [6.45, 7) is 6.06. The molecule has 0 saturated carbocycles. The molecule has 1 aliphatic rings. The van der Waals surface area contributed by atoms with E-state index in [9.17, 15) is 8.42 Å². The van der Waals surface area contributed by atoms with Crippen LogP contribution >= 0.6 is 0 Å². The molecule has 7 nitrogen and oxygen atoms in total. The molecule has 1 aliphatic heterocycles. The highest BCUT2D eigenvalue weighted by molar-refractivity contribution is 7.89. The van der Waals surface area contributed by atoms with Crippen LogP contribution in [0.1, 0.15) is 24.7 Å². The van der Waals surface area contributed by atoms with Gasteiger partial charge in [0.2, 0.25) is 10.0 Å². The second kappa shape index (κ2) is 5.27. The van der Waals surface area contributed by atoms with Crippen molar-refractivity contribution in [3.63, 3.8) is 0 Å². The highest BCUT2D eigenvalue weighted by Gasteiger charge is 2.30. The molecule has 0 atom stereocenters. The van der Waals surface area contributed by atoms with E-state index < -0.39 is 10.0 Å². The Hall–Kier alpha value is -1.67. The molecule has 0 bridgehead atoms. The summed E-state index contributed by atoms with van der Waals surface area (Å²) in [6, 6.07) is 1.93. The van der Waals surface area contributed by atoms with Gasteiger partial charge in [-0.15, -0.1) is 0 Å². The number of aryl methyl sites for hydroxylation is 2. The molecule has 2 aromatic heterocycles. The van der Waals surface area contributed by atoms with Crippen molar-refractivity contribution in [2.75, 3.05) is 6.54 Å². The first-order chi connectivity index (χ1) is 10.0. The first-order valence-electron chi connectivity index (χ1n) is 7.06. The topological polar surface area (TPSA) is 73.0 Å². The fourth-order valence-electron chi connectivity index (χ4n) is 2.57. The zero-order valence-electron chi connectivity index (χ0n) is 12.2. The Labute approximate surface area is 124 Å². The summed E-state index contributed by atoms with van der Waals surface area (Å²) in [7, 11) is -3.48. The number of nitrogens with zero attached hydrogens (tertiary/aromatic N) is 5. The first-order valence-corrected chi connectivity index (χ1v) is 8.50. The van der Waals surface area contributed by atoms with Crippen LogP contribution in [-0.2, 0) is 29.7 Å². The molecule has 0 fully saturated rings. The zero-order chi connectivity index (χ0) is 15.0. The van der Waals surface area contributed by atoms with E-state index in [2.05, 4.69) is 10.2 Å². The van der Waals surface area contributed by atoms with Crippen LogP contribution in [0.5, 0.6) is 0 Å². The van der Waals surface area contributed by atoms with Gasteiger partial charge in [0, 0.05) is 19.3 Å². The Kier molecular flexibility index (Phi) is 3.58. The van der Waals surface area contributed by atoms with Gasteiger partial charge in [-0.05, 0) is 19.4 Å². The maximum atomic E-state index is 12.7. The third kappa shape index (κ3) is 2.60. The molecule has 0 spiro atoms. The van der Waals surface area contributed by atoms with E-state index in [1.54, 1.807) is 10.9 Å². The normalized spacial score (nSPS) is 16.1. The number of aromatic nitrogens is 4. The van der Waals surface area contributed by atoms with Crippen molar-refractivity contribution in [3.05, 3.63) is 29.8 Å². The molecule has 3 heterocycles. The Morgan fingerprint density at radius 1 is 1.33 bits per heavy atom. The zero-order valence-corrected chi connectivity index (χ0v) is 13.0. The minimum atomic E-state index is -3.48. The SMILES string of the molecule is CCCn1cc(S(=O)(=O)N2CCn3nc(C)cc3C2)cn1. The van der Waals surface area contributed by atoms with Crippen molar-refractivity contribution < 1.29 is 8.42 Å². The second-order valence-corrected chi connectivity index (χ2v) is 7.22. The lowest BCUT2D eigenvalue weighted by Crippen LogP contribution is -2.38. The lowest BCUT2D eigenvalue weighted by Gasteiger charge is -2.26. The van der Waals surface area contributed by atoms with Gasteiger partial charge in [-0.2, -0.15) is 14.5 Å². The van der Waals surface area contributed by atoms with E-state index in [4.69, 9.17) is 0 Å². The molecule has 0 unspecified atom stereocenters. The van der Waals surface area contributed by atoms with Gasteiger partial charge in [-0.3, -0.25) is 9.36 Å². The molecule has 8 heteroatoms. The fraction of sp³-hybridized carbons (Fsp3) is 0.538. The number of sulfonamides is 1. The van der Waals surface area contributed by atoms with Crippen molar-refractivity contribution in [3.8, 4) is 0 Å². The van der Waals surface area contributed by atoms with Crippen LogP contribution < -0.4 is 0 Å². The Morgan fingerprint density at radius 2 is 2.14 bits per heavy atom. The predicted molar refractivity (Wildman–Crippen MR) is 77.1 cm³/mol. The summed E-state index contributed by atoms with van der Waals surface area (Å²) >= 11 is 0. The molecule has 21 heavy (non-hydrogen) atoms. The minimum Gasteiger partial charge on any atom is -0.271 e. The molecule has 0 aliphatic carbocycles.